The van der Waals surface area contributed by atoms with Gasteiger partial charge in [0.05, 0.1) is 6.61 Å². The van der Waals surface area contributed by atoms with Crippen LogP contribution in [0.3, 0.4) is 0 Å². The minimum atomic E-state index is -1.68. The second-order valence-electron chi connectivity index (χ2n) is 6.94. The molecule has 0 saturated carbocycles. The molecule has 1 aromatic carbocycles. The van der Waals surface area contributed by atoms with Gasteiger partial charge in [-0.1, -0.05) is 13.3 Å². The van der Waals surface area contributed by atoms with E-state index in [-0.39, 0.29) is 17.9 Å². The van der Waals surface area contributed by atoms with Crippen LogP contribution in [0.5, 0.6) is 5.75 Å². The average molecular weight is 408 g/mol. The topological polar surface area (TPSA) is 136 Å². The van der Waals surface area contributed by atoms with Gasteiger partial charge in [0.15, 0.2) is 6.10 Å². The lowest BCUT2D eigenvalue weighted by Gasteiger charge is -2.39. The molecule has 0 radical (unpaired) electrons. The second-order valence-corrected chi connectivity index (χ2v) is 6.94. The molecule has 0 spiro atoms. The normalized spacial score (nSPS) is 27.0. The number of aryl methyl sites for hydroxylation is 1. The molecule has 0 amide bonds. The molecule has 158 valence electrons. The van der Waals surface area contributed by atoms with Crippen LogP contribution < -0.4 is 10.4 Å². The minimum absolute atomic E-state index is 0.148. The molecule has 0 aliphatic carbocycles. The van der Waals surface area contributed by atoms with Crippen LogP contribution in [0, 0.1) is 6.92 Å². The Bertz CT molecular complexity index is 922. The van der Waals surface area contributed by atoms with E-state index in [1.165, 1.54) is 12.1 Å². The first-order valence-corrected chi connectivity index (χ1v) is 9.39. The van der Waals surface area contributed by atoms with E-state index >= 15 is 0 Å². The monoisotopic (exact) mass is 408 g/mol. The number of carbonyl (C=O) groups excluding carboxylic acids is 1. The molecule has 0 bridgehead atoms. The van der Waals surface area contributed by atoms with Crippen LogP contribution in [-0.2, 0) is 14.3 Å². The summed E-state index contributed by atoms with van der Waals surface area (Å²) >= 11 is 0. The number of fused-ring (bicyclic) bond motifs is 1. The maximum Gasteiger partial charge on any atom is 0.338 e. The average Bonchev–Trinajstić information content (AvgIpc) is 2.68. The van der Waals surface area contributed by atoms with Crippen molar-refractivity contribution in [2.24, 2.45) is 0 Å². The molecular weight excluding hydrogens is 384 g/mol. The number of ether oxygens (including phenoxy) is 3. The standard InChI is InChI=1S/C20H24O9/c1-3-4-7-26-19(25)18-16(23)15(22)17(24)20(29-18)27-11-5-6-12-10(2)8-14(21)28-13(12)9-11/h5-6,8-9,15-18,20,22-24H,3-4,7H2,1-2H3/t15?,16?,17-,18?,20?/m0/s1. The predicted octanol–water partition coefficient (Wildman–Crippen LogP) is 0.631. The van der Waals surface area contributed by atoms with Crippen molar-refractivity contribution in [3.63, 3.8) is 0 Å². The van der Waals surface area contributed by atoms with Crippen molar-refractivity contribution >= 4 is 16.9 Å². The van der Waals surface area contributed by atoms with Gasteiger partial charge in [-0.25, -0.2) is 9.59 Å². The number of aliphatic hydroxyl groups excluding tert-OH is 3. The summed E-state index contributed by atoms with van der Waals surface area (Å²) in [6.07, 6.45) is -6.49. The maximum absolute atomic E-state index is 12.2. The van der Waals surface area contributed by atoms with E-state index in [4.69, 9.17) is 18.6 Å². The van der Waals surface area contributed by atoms with E-state index in [0.717, 1.165) is 12.0 Å². The first-order chi connectivity index (χ1) is 13.8. The molecule has 1 aromatic heterocycles. The molecular formula is C20H24O9. The molecule has 2 aromatic rings. The number of hydrogen-bond acceptors (Lipinski definition) is 9. The molecule has 1 fully saturated rings. The third kappa shape index (κ3) is 4.59. The third-order valence-corrected chi connectivity index (χ3v) is 4.72. The van der Waals surface area contributed by atoms with Gasteiger partial charge in [-0.2, -0.15) is 0 Å². The summed E-state index contributed by atoms with van der Waals surface area (Å²) in [5.74, 6) is -0.678. The number of esters is 1. The van der Waals surface area contributed by atoms with Gasteiger partial charge < -0.3 is 33.9 Å². The molecule has 1 aliphatic rings. The van der Waals surface area contributed by atoms with E-state index in [9.17, 15) is 24.9 Å². The molecule has 9 heteroatoms. The predicted molar refractivity (Wildman–Crippen MR) is 100 cm³/mol. The smallest absolute Gasteiger partial charge is 0.338 e. The zero-order valence-corrected chi connectivity index (χ0v) is 16.1. The number of unbranched alkanes of at least 4 members (excludes halogenated alkanes) is 1. The Morgan fingerprint density at radius 2 is 1.90 bits per heavy atom. The number of hydrogen-bond donors (Lipinski definition) is 3. The first-order valence-electron chi connectivity index (χ1n) is 9.39. The van der Waals surface area contributed by atoms with Crippen LogP contribution >= 0.6 is 0 Å². The van der Waals surface area contributed by atoms with Crippen LogP contribution in [0.2, 0.25) is 0 Å². The van der Waals surface area contributed by atoms with Crippen LogP contribution in [0.25, 0.3) is 11.0 Å². The van der Waals surface area contributed by atoms with Crippen molar-refractivity contribution in [2.45, 2.75) is 57.4 Å². The van der Waals surface area contributed by atoms with Crippen molar-refractivity contribution in [3.05, 3.63) is 40.2 Å². The van der Waals surface area contributed by atoms with Crippen molar-refractivity contribution in [2.75, 3.05) is 6.61 Å². The van der Waals surface area contributed by atoms with E-state index < -0.39 is 42.3 Å². The van der Waals surface area contributed by atoms with Gasteiger partial charge >= 0.3 is 11.6 Å². The molecule has 5 atom stereocenters. The summed E-state index contributed by atoms with van der Waals surface area (Å²) in [6, 6.07) is 6.03. The molecule has 3 rings (SSSR count). The molecule has 1 saturated heterocycles. The Balaban J connectivity index is 1.79. The summed E-state index contributed by atoms with van der Waals surface area (Å²) in [7, 11) is 0. The molecule has 1 aliphatic heterocycles. The van der Waals surface area contributed by atoms with Gasteiger partial charge in [-0.3, -0.25) is 0 Å². The highest BCUT2D eigenvalue weighted by Gasteiger charge is 2.48. The van der Waals surface area contributed by atoms with Gasteiger partial charge in [-0.15, -0.1) is 0 Å². The van der Waals surface area contributed by atoms with Gasteiger partial charge in [0.25, 0.3) is 0 Å². The molecule has 9 nitrogen and oxygen atoms in total. The fourth-order valence-electron chi connectivity index (χ4n) is 3.05. The molecule has 4 unspecified atom stereocenters. The summed E-state index contributed by atoms with van der Waals surface area (Å²) in [5, 5.41) is 31.1. The van der Waals surface area contributed by atoms with Crippen LogP contribution in [0.15, 0.2) is 33.5 Å². The Labute approximate surface area is 166 Å². The van der Waals surface area contributed by atoms with E-state index in [0.29, 0.717) is 11.8 Å². The zero-order chi connectivity index (χ0) is 21.1. The largest absolute Gasteiger partial charge is 0.464 e. The minimum Gasteiger partial charge on any atom is -0.464 e. The highest BCUT2D eigenvalue weighted by molar-refractivity contribution is 5.81. The van der Waals surface area contributed by atoms with Gasteiger partial charge in [0.1, 0.15) is 29.6 Å². The third-order valence-electron chi connectivity index (χ3n) is 4.72. The van der Waals surface area contributed by atoms with Gasteiger partial charge in [0, 0.05) is 17.5 Å². The van der Waals surface area contributed by atoms with Crippen molar-refractivity contribution in [3.8, 4) is 5.75 Å². The number of benzene rings is 1. The van der Waals surface area contributed by atoms with Crippen molar-refractivity contribution < 1.29 is 38.7 Å². The Morgan fingerprint density at radius 3 is 2.62 bits per heavy atom. The van der Waals surface area contributed by atoms with E-state index in [1.807, 2.05) is 6.92 Å². The molecule has 2 heterocycles. The van der Waals surface area contributed by atoms with Gasteiger partial charge in [-0.05, 0) is 31.0 Å². The Kier molecular flexibility index (Phi) is 6.53. The zero-order valence-electron chi connectivity index (χ0n) is 16.1. The lowest BCUT2D eigenvalue weighted by Crippen LogP contribution is -2.61. The SMILES string of the molecule is CCCCOC(=O)C1OC(Oc2ccc3c(C)cc(=O)oc3c2)[C@@H](O)C(O)C1O. The second kappa shape index (κ2) is 8.91. The Morgan fingerprint density at radius 1 is 1.14 bits per heavy atom. The molecule has 3 N–H and O–H groups in total. The van der Waals surface area contributed by atoms with Crippen LogP contribution in [0.1, 0.15) is 25.3 Å². The molecule has 29 heavy (non-hydrogen) atoms. The lowest BCUT2D eigenvalue weighted by molar-refractivity contribution is -0.272. The number of carbonyl (C=O) groups is 1. The highest BCUT2D eigenvalue weighted by Crippen LogP contribution is 2.27. The number of aliphatic hydroxyl groups is 3. The van der Waals surface area contributed by atoms with Crippen molar-refractivity contribution in [1.82, 2.24) is 0 Å². The Hall–Kier alpha value is -2.46. The van der Waals surface area contributed by atoms with E-state index in [1.54, 1.807) is 19.1 Å². The fourth-order valence-corrected chi connectivity index (χ4v) is 3.05. The van der Waals surface area contributed by atoms with Crippen LogP contribution in [0.4, 0.5) is 0 Å². The quantitative estimate of drug-likeness (QED) is 0.357. The lowest BCUT2D eigenvalue weighted by atomic mass is 9.99. The van der Waals surface area contributed by atoms with Crippen molar-refractivity contribution in [1.29, 1.82) is 0 Å². The summed E-state index contributed by atoms with van der Waals surface area (Å²) < 4.78 is 21.1. The summed E-state index contributed by atoms with van der Waals surface area (Å²) in [6.45, 7) is 3.84. The van der Waals surface area contributed by atoms with E-state index in [2.05, 4.69) is 0 Å². The fraction of sp³-hybridized carbons (Fsp3) is 0.500. The van der Waals surface area contributed by atoms with Gasteiger partial charge in [0.2, 0.25) is 6.29 Å². The van der Waals surface area contributed by atoms with Crippen LogP contribution in [-0.4, -0.2) is 58.6 Å². The summed E-state index contributed by atoms with van der Waals surface area (Å²) in [4.78, 5) is 23.8. The maximum atomic E-state index is 12.2. The summed E-state index contributed by atoms with van der Waals surface area (Å²) in [5.41, 5.74) is 0.480. The highest BCUT2D eigenvalue weighted by atomic mass is 16.7. The first kappa shape index (κ1) is 21.3. The number of rotatable bonds is 6.